The first-order valence-corrected chi connectivity index (χ1v) is 9.83. The van der Waals surface area contributed by atoms with Gasteiger partial charge in [0.15, 0.2) is 0 Å². The number of thiophene rings is 1. The zero-order valence-corrected chi connectivity index (χ0v) is 16.3. The highest BCUT2D eigenvalue weighted by molar-refractivity contribution is 7.10. The van der Waals surface area contributed by atoms with Gasteiger partial charge in [-0.2, -0.15) is 0 Å². The van der Waals surface area contributed by atoms with Gasteiger partial charge in [-0.25, -0.2) is 4.98 Å². The third kappa shape index (κ3) is 4.41. The van der Waals surface area contributed by atoms with Gasteiger partial charge in [-0.05, 0) is 23.9 Å². The molecule has 0 aliphatic carbocycles. The average molecular weight is 368 g/mol. The van der Waals surface area contributed by atoms with Crippen molar-refractivity contribution >= 4 is 17.2 Å². The minimum atomic E-state index is -0.101. The topological polar surface area (TPSA) is 46.9 Å². The molecule has 0 radical (unpaired) electrons. The standard InChI is InChI=1S/C21H25N3OS/c1-15(2)21-22-11-13-24(21)12-10-19(25)23-20(18-5-4-14-26-18)17-8-6-16(3)7-9-17/h4-9,11,13-15,20H,10,12H2,1-3H3,(H,23,25). The zero-order chi connectivity index (χ0) is 18.5. The molecule has 4 nitrogen and oxygen atoms in total. The van der Waals surface area contributed by atoms with Crippen molar-refractivity contribution < 1.29 is 4.79 Å². The molecule has 136 valence electrons. The van der Waals surface area contributed by atoms with Gasteiger partial charge in [0.05, 0.1) is 6.04 Å². The molecule has 1 atom stereocenters. The van der Waals surface area contributed by atoms with Crippen molar-refractivity contribution in [2.24, 2.45) is 0 Å². The quantitative estimate of drug-likeness (QED) is 0.659. The highest BCUT2D eigenvalue weighted by atomic mass is 32.1. The molecule has 5 heteroatoms. The smallest absolute Gasteiger partial charge is 0.222 e. The van der Waals surface area contributed by atoms with Crippen molar-refractivity contribution in [1.29, 1.82) is 0 Å². The third-order valence-electron chi connectivity index (χ3n) is 4.39. The van der Waals surface area contributed by atoms with Crippen molar-refractivity contribution in [3.63, 3.8) is 0 Å². The summed E-state index contributed by atoms with van der Waals surface area (Å²) in [7, 11) is 0. The summed E-state index contributed by atoms with van der Waals surface area (Å²) < 4.78 is 2.07. The van der Waals surface area contributed by atoms with Gasteiger partial charge < -0.3 is 9.88 Å². The molecule has 1 unspecified atom stereocenters. The molecule has 3 rings (SSSR count). The first-order valence-electron chi connectivity index (χ1n) is 8.95. The van der Waals surface area contributed by atoms with Crippen LogP contribution >= 0.6 is 11.3 Å². The van der Waals surface area contributed by atoms with Crippen LogP contribution in [0.2, 0.25) is 0 Å². The summed E-state index contributed by atoms with van der Waals surface area (Å²) in [5.74, 6) is 1.41. The van der Waals surface area contributed by atoms with Gasteiger partial charge >= 0.3 is 0 Å². The van der Waals surface area contributed by atoms with E-state index >= 15 is 0 Å². The van der Waals surface area contributed by atoms with Gasteiger partial charge in [-0.1, -0.05) is 49.7 Å². The van der Waals surface area contributed by atoms with Crippen LogP contribution < -0.4 is 5.32 Å². The number of hydrogen-bond acceptors (Lipinski definition) is 3. The average Bonchev–Trinajstić information content (AvgIpc) is 3.30. The van der Waals surface area contributed by atoms with Crippen LogP contribution in [-0.4, -0.2) is 15.5 Å². The SMILES string of the molecule is Cc1ccc(C(NC(=O)CCn2ccnc2C(C)C)c2cccs2)cc1. The van der Waals surface area contributed by atoms with Crippen molar-refractivity contribution in [2.45, 2.75) is 45.7 Å². The number of aryl methyl sites for hydroxylation is 2. The molecule has 0 saturated heterocycles. The van der Waals surface area contributed by atoms with E-state index in [4.69, 9.17) is 0 Å². The molecule has 2 aromatic heterocycles. The molecule has 2 heterocycles. The number of hydrogen-bond donors (Lipinski definition) is 1. The normalized spacial score (nSPS) is 12.3. The second kappa shape index (κ2) is 8.32. The van der Waals surface area contributed by atoms with Gasteiger partial charge in [-0.15, -0.1) is 11.3 Å². The maximum atomic E-state index is 12.6. The summed E-state index contributed by atoms with van der Waals surface area (Å²) in [5.41, 5.74) is 2.32. The van der Waals surface area contributed by atoms with Crippen molar-refractivity contribution in [3.8, 4) is 0 Å². The number of rotatable bonds is 7. The fourth-order valence-electron chi connectivity index (χ4n) is 3.00. The van der Waals surface area contributed by atoms with Crippen LogP contribution in [0.1, 0.15) is 54.1 Å². The second-order valence-corrected chi connectivity index (χ2v) is 7.79. The summed E-state index contributed by atoms with van der Waals surface area (Å²) in [4.78, 5) is 18.2. The van der Waals surface area contributed by atoms with Crippen LogP contribution in [0.15, 0.2) is 54.2 Å². The maximum Gasteiger partial charge on any atom is 0.222 e. The number of carbonyl (C=O) groups is 1. The molecular formula is C21H25N3OS. The molecule has 0 aliphatic heterocycles. The van der Waals surface area contributed by atoms with Gasteiger partial charge in [0.2, 0.25) is 5.91 Å². The predicted molar refractivity (Wildman–Crippen MR) is 106 cm³/mol. The van der Waals surface area contributed by atoms with Crippen LogP contribution in [0.25, 0.3) is 0 Å². The lowest BCUT2D eigenvalue weighted by Crippen LogP contribution is -2.29. The fourth-order valence-corrected chi connectivity index (χ4v) is 3.80. The van der Waals surface area contributed by atoms with E-state index in [1.54, 1.807) is 17.5 Å². The van der Waals surface area contributed by atoms with Crippen LogP contribution in [0, 0.1) is 6.92 Å². The van der Waals surface area contributed by atoms with Crippen LogP contribution in [0.4, 0.5) is 0 Å². The van der Waals surface area contributed by atoms with Gasteiger partial charge in [-0.3, -0.25) is 4.79 Å². The Kier molecular flexibility index (Phi) is 5.89. The van der Waals surface area contributed by atoms with E-state index in [0.717, 1.165) is 16.3 Å². The van der Waals surface area contributed by atoms with E-state index in [9.17, 15) is 4.79 Å². The monoisotopic (exact) mass is 367 g/mol. The van der Waals surface area contributed by atoms with Crippen LogP contribution in [-0.2, 0) is 11.3 Å². The fraction of sp³-hybridized carbons (Fsp3) is 0.333. The lowest BCUT2D eigenvalue weighted by molar-refractivity contribution is -0.121. The number of carbonyl (C=O) groups excluding carboxylic acids is 1. The molecule has 26 heavy (non-hydrogen) atoms. The van der Waals surface area contributed by atoms with E-state index in [1.165, 1.54) is 5.56 Å². The van der Waals surface area contributed by atoms with E-state index in [1.807, 2.05) is 17.6 Å². The zero-order valence-electron chi connectivity index (χ0n) is 15.5. The Bertz CT molecular complexity index is 835. The Morgan fingerprint density at radius 2 is 2.00 bits per heavy atom. The molecule has 0 aliphatic rings. The maximum absolute atomic E-state index is 12.6. The second-order valence-electron chi connectivity index (χ2n) is 6.81. The molecule has 1 amide bonds. The summed E-state index contributed by atoms with van der Waals surface area (Å²) in [6, 6.07) is 12.3. The lowest BCUT2D eigenvalue weighted by atomic mass is 10.0. The Labute approximate surface area is 158 Å². The van der Waals surface area contributed by atoms with Gasteiger partial charge in [0.25, 0.3) is 0 Å². The number of nitrogens with one attached hydrogen (secondary N) is 1. The van der Waals surface area contributed by atoms with Gasteiger partial charge in [0, 0.05) is 36.2 Å². The largest absolute Gasteiger partial charge is 0.344 e. The number of benzene rings is 1. The molecular weight excluding hydrogens is 342 g/mol. The molecule has 3 aromatic rings. The summed E-state index contributed by atoms with van der Waals surface area (Å²) in [6.45, 7) is 6.94. The van der Waals surface area contributed by atoms with Crippen molar-refractivity contribution in [3.05, 3.63) is 76.0 Å². The minimum absolute atomic E-state index is 0.0485. The van der Waals surface area contributed by atoms with E-state index in [0.29, 0.717) is 18.9 Å². The number of nitrogens with zero attached hydrogens (tertiary/aromatic N) is 2. The first-order chi connectivity index (χ1) is 12.5. The Morgan fingerprint density at radius 3 is 2.65 bits per heavy atom. The highest BCUT2D eigenvalue weighted by Gasteiger charge is 2.18. The summed E-state index contributed by atoms with van der Waals surface area (Å²) >= 11 is 1.66. The Balaban J connectivity index is 1.69. The molecule has 0 bridgehead atoms. The predicted octanol–water partition coefficient (Wildman–Crippen LogP) is 4.67. The van der Waals surface area contributed by atoms with Gasteiger partial charge in [0.1, 0.15) is 5.82 Å². The van der Waals surface area contributed by atoms with Crippen LogP contribution in [0.3, 0.4) is 0 Å². The highest BCUT2D eigenvalue weighted by Crippen LogP contribution is 2.26. The summed E-state index contributed by atoms with van der Waals surface area (Å²) in [6.07, 6.45) is 4.18. The third-order valence-corrected chi connectivity index (χ3v) is 5.32. The molecule has 0 fully saturated rings. The summed E-state index contributed by atoms with van der Waals surface area (Å²) in [5, 5.41) is 5.25. The molecule has 0 spiro atoms. The Hall–Kier alpha value is -2.40. The molecule has 1 N–H and O–H groups in total. The lowest BCUT2D eigenvalue weighted by Gasteiger charge is -2.19. The van der Waals surface area contributed by atoms with E-state index in [2.05, 4.69) is 66.0 Å². The van der Waals surface area contributed by atoms with Crippen LogP contribution in [0.5, 0.6) is 0 Å². The minimum Gasteiger partial charge on any atom is -0.344 e. The molecule has 1 aromatic carbocycles. The number of imidazole rings is 1. The van der Waals surface area contributed by atoms with E-state index < -0.39 is 0 Å². The first kappa shape index (κ1) is 18.4. The van der Waals surface area contributed by atoms with Crippen molar-refractivity contribution in [1.82, 2.24) is 14.9 Å². The van der Waals surface area contributed by atoms with Crippen molar-refractivity contribution in [2.75, 3.05) is 0 Å². The molecule has 0 saturated carbocycles. The number of amides is 1. The number of aromatic nitrogens is 2. The Morgan fingerprint density at radius 1 is 1.23 bits per heavy atom. The van der Waals surface area contributed by atoms with E-state index in [-0.39, 0.29) is 11.9 Å².